The molecule has 0 heterocycles. The summed E-state index contributed by atoms with van der Waals surface area (Å²) < 4.78 is 0. The average Bonchev–Trinajstić information content (AvgIpc) is 2.36. The highest BCUT2D eigenvalue weighted by atomic mass is 35.5. The largest absolute Gasteiger partial charge is 0.389 e. The summed E-state index contributed by atoms with van der Waals surface area (Å²) in [6, 6.07) is 12.1. The number of aryl methyl sites for hydroxylation is 2. The van der Waals surface area contributed by atoms with E-state index in [4.69, 9.17) is 11.6 Å². The van der Waals surface area contributed by atoms with Crippen molar-refractivity contribution >= 4 is 23.4 Å². The van der Waals surface area contributed by atoms with E-state index in [2.05, 4.69) is 32.0 Å². The molecule has 0 amide bonds. The molecular formula is C16H17ClOS. The fourth-order valence-electron chi connectivity index (χ4n) is 1.76. The Kier molecular flexibility index (Phi) is 4.56. The Hall–Kier alpha value is -0.960. The topological polar surface area (TPSA) is 20.2 Å². The van der Waals surface area contributed by atoms with Crippen LogP contribution in [-0.2, 0) is 0 Å². The molecule has 1 unspecified atom stereocenters. The molecule has 0 saturated carbocycles. The molecule has 0 bridgehead atoms. The van der Waals surface area contributed by atoms with Gasteiger partial charge in [-0.3, -0.25) is 0 Å². The number of aliphatic hydroxyl groups is 1. The summed E-state index contributed by atoms with van der Waals surface area (Å²) >= 11 is 7.91. The molecule has 0 saturated heterocycles. The molecule has 3 heteroatoms. The smallest absolute Gasteiger partial charge is 0.0762 e. The van der Waals surface area contributed by atoms with Crippen molar-refractivity contribution in [2.45, 2.75) is 36.7 Å². The number of rotatable bonds is 3. The van der Waals surface area contributed by atoms with Crippen molar-refractivity contribution < 1.29 is 5.11 Å². The molecular weight excluding hydrogens is 276 g/mol. The van der Waals surface area contributed by atoms with Crippen molar-refractivity contribution in [2.75, 3.05) is 0 Å². The summed E-state index contributed by atoms with van der Waals surface area (Å²) in [6.07, 6.45) is -0.488. The summed E-state index contributed by atoms with van der Waals surface area (Å²) in [6.45, 7) is 5.95. The third kappa shape index (κ3) is 3.53. The van der Waals surface area contributed by atoms with Crippen LogP contribution in [0.15, 0.2) is 46.2 Å². The quantitative estimate of drug-likeness (QED) is 0.843. The van der Waals surface area contributed by atoms with E-state index >= 15 is 0 Å². The van der Waals surface area contributed by atoms with Gasteiger partial charge in [0.2, 0.25) is 0 Å². The van der Waals surface area contributed by atoms with Gasteiger partial charge in [-0.05, 0) is 61.7 Å². The molecule has 0 aliphatic rings. The number of aliphatic hydroxyl groups excluding tert-OH is 1. The summed E-state index contributed by atoms with van der Waals surface area (Å²) in [5.41, 5.74) is 3.41. The van der Waals surface area contributed by atoms with Crippen LogP contribution in [0.5, 0.6) is 0 Å². The van der Waals surface area contributed by atoms with Crippen molar-refractivity contribution in [1.29, 1.82) is 0 Å². The second kappa shape index (κ2) is 6.00. The molecule has 1 N–H and O–H groups in total. The van der Waals surface area contributed by atoms with Crippen molar-refractivity contribution in [2.24, 2.45) is 0 Å². The first-order chi connectivity index (χ1) is 8.97. The fraction of sp³-hybridized carbons (Fsp3) is 0.250. The SMILES string of the molecule is Cc1ccc(Sc2ccc(C(C)O)cc2Cl)cc1C. The summed E-state index contributed by atoms with van der Waals surface area (Å²) in [4.78, 5) is 2.18. The van der Waals surface area contributed by atoms with Gasteiger partial charge in [-0.25, -0.2) is 0 Å². The summed E-state index contributed by atoms with van der Waals surface area (Å²) in [7, 11) is 0. The standard InChI is InChI=1S/C16H17ClOS/c1-10-4-6-14(8-11(10)2)19-16-7-5-13(12(3)18)9-15(16)17/h4-9,12,18H,1-3H3. The minimum absolute atomic E-state index is 0.488. The zero-order chi connectivity index (χ0) is 14.0. The summed E-state index contributed by atoms with van der Waals surface area (Å²) in [5.74, 6) is 0. The monoisotopic (exact) mass is 292 g/mol. The zero-order valence-corrected chi connectivity index (χ0v) is 12.8. The van der Waals surface area contributed by atoms with E-state index in [0.717, 1.165) is 10.5 Å². The number of hydrogen-bond donors (Lipinski definition) is 1. The lowest BCUT2D eigenvalue weighted by Crippen LogP contribution is -1.90. The molecule has 2 aromatic carbocycles. The second-order valence-corrected chi connectivity index (χ2v) is 6.24. The predicted octanol–water partition coefficient (Wildman–Crippen LogP) is 5.16. The van der Waals surface area contributed by atoms with Crippen LogP contribution in [0.3, 0.4) is 0 Å². The van der Waals surface area contributed by atoms with Crippen LogP contribution >= 0.6 is 23.4 Å². The van der Waals surface area contributed by atoms with Gasteiger partial charge in [0.25, 0.3) is 0 Å². The minimum Gasteiger partial charge on any atom is -0.389 e. The zero-order valence-electron chi connectivity index (χ0n) is 11.3. The van der Waals surface area contributed by atoms with E-state index in [-0.39, 0.29) is 0 Å². The van der Waals surface area contributed by atoms with Crippen molar-refractivity contribution in [1.82, 2.24) is 0 Å². The Labute approximate surface area is 123 Å². The molecule has 1 nitrogen and oxygen atoms in total. The van der Waals surface area contributed by atoms with Gasteiger partial charge in [-0.2, -0.15) is 0 Å². The Bertz CT molecular complexity index is 593. The van der Waals surface area contributed by atoms with E-state index in [1.165, 1.54) is 16.0 Å². The maximum atomic E-state index is 9.53. The molecule has 0 fully saturated rings. The number of benzene rings is 2. The third-order valence-corrected chi connectivity index (χ3v) is 4.63. The van der Waals surface area contributed by atoms with Crippen molar-refractivity contribution in [3.8, 4) is 0 Å². The predicted molar refractivity (Wildman–Crippen MR) is 82.1 cm³/mol. The summed E-state index contributed by atoms with van der Waals surface area (Å²) in [5, 5.41) is 10.2. The number of hydrogen-bond acceptors (Lipinski definition) is 2. The van der Waals surface area contributed by atoms with Crippen LogP contribution in [0, 0.1) is 13.8 Å². The van der Waals surface area contributed by atoms with E-state index in [9.17, 15) is 5.11 Å². The average molecular weight is 293 g/mol. The molecule has 19 heavy (non-hydrogen) atoms. The molecule has 1 atom stereocenters. The van der Waals surface area contributed by atoms with Crippen LogP contribution in [0.2, 0.25) is 5.02 Å². The maximum absolute atomic E-state index is 9.53. The van der Waals surface area contributed by atoms with Crippen molar-refractivity contribution in [3.63, 3.8) is 0 Å². The highest BCUT2D eigenvalue weighted by Gasteiger charge is 2.07. The van der Waals surface area contributed by atoms with Crippen LogP contribution in [0.25, 0.3) is 0 Å². The maximum Gasteiger partial charge on any atom is 0.0762 e. The number of halogens is 1. The highest BCUT2D eigenvalue weighted by Crippen LogP contribution is 2.35. The molecule has 100 valence electrons. The van der Waals surface area contributed by atoms with Crippen LogP contribution in [0.1, 0.15) is 29.7 Å². The molecule has 0 aliphatic carbocycles. The Morgan fingerprint density at radius 3 is 2.37 bits per heavy atom. The highest BCUT2D eigenvalue weighted by molar-refractivity contribution is 7.99. The Morgan fingerprint density at radius 2 is 1.79 bits per heavy atom. The minimum atomic E-state index is -0.488. The third-order valence-electron chi connectivity index (χ3n) is 3.14. The van der Waals surface area contributed by atoms with Crippen LogP contribution in [0.4, 0.5) is 0 Å². The molecule has 0 aromatic heterocycles. The van der Waals surface area contributed by atoms with Gasteiger partial charge in [0.1, 0.15) is 0 Å². The molecule has 2 rings (SSSR count). The van der Waals surface area contributed by atoms with Gasteiger partial charge in [-0.15, -0.1) is 0 Å². The van der Waals surface area contributed by atoms with Crippen LogP contribution in [-0.4, -0.2) is 5.11 Å². The van der Waals surface area contributed by atoms with E-state index in [1.54, 1.807) is 18.7 Å². The fourth-order valence-corrected chi connectivity index (χ4v) is 2.99. The molecule has 0 radical (unpaired) electrons. The lowest BCUT2D eigenvalue weighted by atomic mass is 10.1. The normalized spacial score (nSPS) is 12.5. The van der Waals surface area contributed by atoms with Gasteiger partial charge < -0.3 is 5.11 Å². The first-order valence-corrected chi connectivity index (χ1v) is 7.39. The van der Waals surface area contributed by atoms with Gasteiger partial charge >= 0.3 is 0 Å². The first kappa shape index (κ1) is 14.4. The second-order valence-electron chi connectivity index (χ2n) is 4.71. The Morgan fingerprint density at radius 1 is 1.05 bits per heavy atom. The van der Waals surface area contributed by atoms with E-state index < -0.39 is 6.10 Å². The van der Waals surface area contributed by atoms with Gasteiger partial charge in [-0.1, -0.05) is 35.5 Å². The van der Waals surface area contributed by atoms with Crippen LogP contribution < -0.4 is 0 Å². The van der Waals surface area contributed by atoms with Gasteiger partial charge in [0.15, 0.2) is 0 Å². The van der Waals surface area contributed by atoms with Crippen molar-refractivity contribution in [3.05, 3.63) is 58.1 Å². The van der Waals surface area contributed by atoms with Gasteiger partial charge in [0, 0.05) is 9.79 Å². The first-order valence-electron chi connectivity index (χ1n) is 6.20. The van der Waals surface area contributed by atoms with E-state index in [0.29, 0.717) is 5.02 Å². The lowest BCUT2D eigenvalue weighted by Gasteiger charge is -2.10. The van der Waals surface area contributed by atoms with Gasteiger partial charge in [0.05, 0.1) is 11.1 Å². The molecule has 0 aliphatic heterocycles. The Balaban J connectivity index is 2.25. The van der Waals surface area contributed by atoms with E-state index in [1.807, 2.05) is 18.2 Å². The molecule has 0 spiro atoms. The molecule has 2 aromatic rings. The lowest BCUT2D eigenvalue weighted by molar-refractivity contribution is 0.199.